The molecule has 0 spiro atoms. The third-order valence-electron chi connectivity index (χ3n) is 1.89. The van der Waals surface area contributed by atoms with E-state index in [9.17, 15) is 5.11 Å². The molecular weight excluding hydrogens is 219 g/mol. The number of hydrogen-bond donors (Lipinski definition) is 1. The fourth-order valence-corrected chi connectivity index (χ4v) is 1.41. The Kier molecular flexibility index (Phi) is 4.28. The Morgan fingerprint density at radius 3 is 2.64 bits per heavy atom. The van der Waals surface area contributed by atoms with Gasteiger partial charge in [-0.25, -0.2) is 0 Å². The highest BCUT2D eigenvalue weighted by Crippen LogP contribution is 2.27. The summed E-state index contributed by atoms with van der Waals surface area (Å²) in [4.78, 5) is 0. The zero-order valence-electron chi connectivity index (χ0n) is 7.50. The number of aliphatic hydroxyl groups excluding tert-OH is 1. The lowest BCUT2D eigenvalue weighted by molar-refractivity contribution is 0.169. The Hall–Kier alpha value is -0.680. The number of terminal acetylenes is 1. The van der Waals surface area contributed by atoms with E-state index in [0.717, 1.165) is 5.56 Å². The molecule has 0 aliphatic heterocycles. The van der Waals surface area contributed by atoms with Gasteiger partial charge >= 0.3 is 0 Å². The van der Waals surface area contributed by atoms with E-state index in [1.165, 1.54) is 0 Å². The number of hydrogen-bond acceptors (Lipinski definition) is 1. The van der Waals surface area contributed by atoms with Gasteiger partial charge in [-0.2, -0.15) is 0 Å². The highest BCUT2D eigenvalue weighted by molar-refractivity contribution is 6.42. The Bertz CT molecular complexity index is 355. The van der Waals surface area contributed by atoms with Gasteiger partial charge in [0, 0.05) is 6.42 Å². The summed E-state index contributed by atoms with van der Waals surface area (Å²) in [6.07, 6.45) is 5.61. The van der Waals surface area contributed by atoms with Crippen LogP contribution in [-0.4, -0.2) is 5.11 Å². The van der Waals surface area contributed by atoms with E-state index in [-0.39, 0.29) is 0 Å². The van der Waals surface area contributed by atoms with Gasteiger partial charge < -0.3 is 5.11 Å². The molecule has 0 aliphatic rings. The average Bonchev–Trinajstić information content (AvgIpc) is 2.18. The Labute approximate surface area is 93.7 Å². The summed E-state index contributed by atoms with van der Waals surface area (Å²) >= 11 is 11.6. The summed E-state index contributed by atoms with van der Waals surface area (Å²) in [5, 5.41) is 10.6. The van der Waals surface area contributed by atoms with Crippen LogP contribution in [0.5, 0.6) is 0 Å². The predicted octanol–water partition coefficient (Wildman–Crippen LogP) is 3.44. The average molecular weight is 229 g/mol. The van der Waals surface area contributed by atoms with E-state index in [2.05, 4.69) is 5.92 Å². The van der Waals surface area contributed by atoms with Crippen LogP contribution in [0.25, 0.3) is 0 Å². The van der Waals surface area contributed by atoms with Crippen molar-refractivity contribution >= 4 is 23.2 Å². The van der Waals surface area contributed by atoms with Crippen molar-refractivity contribution in [3.63, 3.8) is 0 Å². The maximum absolute atomic E-state index is 9.67. The molecule has 0 saturated carbocycles. The van der Waals surface area contributed by atoms with Crippen LogP contribution < -0.4 is 0 Å². The van der Waals surface area contributed by atoms with Gasteiger partial charge in [0.15, 0.2) is 0 Å². The van der Waals surface area contributed by atoms with Crippen LogP contribution in [0, 0.1) is 12.3 Å². The van der Waals surface area contributed by atoms with Crippen molar-refractivity contribution in [3.8, 4) is 12.3 Å². The third-order valence-corrected chi connectivity index (χ3v) is 2.63. The quantitative estimate of drug-likeness (QED) is 0.787. The summed E-state index contributed by atoms with van der Waals surface area (Å²) in [6.45, 7) is 0. The minimum atomic E-state index is -0.569. The maximum Gasteiger partial charge on any atom is 0.0799 e. The van der Waals surface area contributed by atoms with Crippen LogP contribution in [0.15, 0.2) is 18.2 Å². The molecule has 1 aromatic rings. The fraction of sp³-hybridized carbons (Fsp3) is 0.273. The standard InChI is InChI=1S/C11H10Cl2O/c1-2-3-4-11(14)8-5-6-9(12)10(13)7-8/h1,5-7,11,14H,3-4H2. The molecule has 0 bridgehead atoms. The molecular formula is C11H10Cl2O. The first-order chi connectivity index (χ1) is 6.65. The van der Waals surface area contributed by atoms with Crippen LogP contribution in [0.4, 0.5) is 0 Å². The van der Waals surface area contributed by atoms with Crippen LogP contribution in [0.3, 0.4) is 0 Å². The molecule has 14 heavy (non-hydrogen) atoms. The van der Waals surface area contributed by atoms with Gasteiger partial charge in [0.1, 0.15) is 0 Å². The van der Waals surface area contributed by atoms with Crippen LogP contribution in [-0.2, 0) is 0 Å². The first kappa shape index (κ1) is 11.4. The van der Waals surface area contributed by atoms with Gasteiger partial charge in [-0.3, -0.25) is 0 Å². The van der Waals surface area contributed by atoms with Gasteiger partial charge in [-0.05, 0) is 24.1 Å². The van der Waals surface area contributed by atoms with Crippen LogP contribution >= 0.6 is 23.2 Å². The van der Waals surface area contributed by atoms with Crippen LogP contribution in [0.2, 0.25) is 10.0 Å². The predicted molar refractivity (Wildman–Crippen MR) is 59.5 cm³/mol. The second kappa shape index (κ2) is 5.26. The molecule has 74 valence electrons. The van der Waals surface area contributed by atoms with E-state index in [1.807, 2.05) is 0 Å². The lowest BCUT2D eigenvalue weighted by Crippen LogP contribution is -1.96. The zero-order chi connectivity index (χ0) is 10.6. The van der Waals surface area contributed by atoms with Gasteiger partial charge in [0.2, 0.25) is 0 Å². The number of aliphatic hydroxyl groups is 1. The van der Waals surface area contributed by atoms with Crippen molar-refractivity contribution in [1.29, 1.82) is 0 Å². The Morgan fingerprint density at radius 2 is 2.07 bits per heavy atom. The molecule has 3 heteroatoms. The molecule has 1 unspecified atom stereocenters. The summed E-state index contributed by atoms with van der Waals surface area (Å²) in [5.74, 6) is 2.48. The Morgan fingerprint density at radius 1 is 1.36 bits per heavy atom. The molecule has 0 saturated heterocycles. The maximum atomic E-state index is 9.67. The monoisotopic (exact) mass is 228 g/mol. The van der Waals surface area contributed by atoms with E-state index < -0.39 is 6.10 Å². The largest absolute Gasteiger partial charge is 0.388 e. The molecule has 0 aliphatic carbocycles. The lowest BCUT2D eigenvalue weighted by Gasteiger charge is -2.09. The first-order valence-electron chi connectivity index (χ1n) is 4.21. The van der Waals surface area contributed by atoms with E-state index in [1.54, 1.807) is 18.2 Å². The molecule has 1 aromatic carbocycles. The molecule has 0 aromatic heterocycles. The molecule has 0 fully saturated rings. The van der Waals surface area contributed by atoms with E-state index >= 15 is 0 Å². The smallest absolute Gasteiger partial charge is 0.0799 e. The molecule has 1 nitrogen and oxygen atoms in total. The van der Waals surface area contributed by atoms with E-state index in [4.69, 9.17) is 29.6 Å². The van der Waals surface area contributed by atoms with Crippen molar-refractivity contribution in [1.82, 2.24) is 0 Å². The molecule has 1 rings (SSSR count). The lowest BCUT2D eigenvalue weighted by atomic mass is 10.1. The fourth-order valence-electron chi connectivity index (χ4n) is 1.11. The molecule has 1 N–H and O–H groups in total. The molecule has 0 heterocycles. The molecule has 0 amide bonds. The summed E-state index contributed by atoms with van der Waals surface area (Å²) in [6, 6.07) is 5.07. The minimum Gasteiger partial charge on any atom is -0.388 e. The Balaban J connectivity index is 2.76. The SMILES string of the molecule is C#CCCC(O)c1ccc(Cl)c(Cl)c1. The summed E-state index contributed by atoms with van der Waals surface area (Å²) in [7, 11) is 0. The summed E-state index contributed by atoms with van der Waals surface area (Å²) < 4.78 is 0. The van der Waals surface area contributed by atoms with Crippen LogP contribution in [0.1, 0.15) is 24.5 Å². The van der Waals surface area contributed by atoms with Crippen molar-refractivity contribution < 1.29 is 5.11 Å². The first-order valence-corrected chi connectivity index (χ1v) is 4.97. The molecule has 0 radical (unpaired) electrons. The number of rotatable bonds is 3. The topological polar surface area (TPSA) is 20.2 Å². The van der Waals surface area contributed by atoms with Crippen molar-refractivity contribution in [3.05, 3.63) is 33.8 Å². The van der Waals surface area contributed by atoms with Gasteiger partial charge in [-0.15, -0.1) is 12.3 Å². The van der Waals surface area contributed by atoms with Crippen molar-refractivity contribution in [2.24, 2.45) is 0 Å². The van der Waals surface area contributed by atoms with E-state index in [0.29, 0.717) is 22.9 Å². The number of benzene rings is 1. The van der Waals surface area contributed by atoms with Crippen molar-refractivity contribution in [2.45, 2.75) is 18.9 Å². The highest BCUT2D eigenvalue weighted by atomic mass is 35.5. The van der Waals surface area contributed by atoms with Crippen molar-refractivity contribution in [2.75, 3.05) is 0 Å². The normalized spacial score (nSPS) is 12.1. The third kappa shape index (κ3) is 2.92. The molecule has 1 atom stereocenters. The number of halogens is 2. The second-order valence-corrected chi connectivity index (χ2v) is 3.75. The highest BCUT2D eigenvalue weighted by Gasteiger charge is 2.08. The van der Waals surface area contributed by atoms with Gasteiger partial charge in [-0.1, -0.05) is 29.3 Å². The summed E-state index contributed by atoms with van der Waals surface area (Å²) in [5.41, 5.74) is 0.745. The van der Waals surface area contributed by atoms with Gasteiger partial charge in [0.05, 0.1) is 16.1 Å². The second-order valence-electron chi connectivity index (χ2n) is 2.93. The zero-order valence-corrected chi connectivity index (χ0v) is 9.02. The minimum absolute atomic E-state index is 0.448. The van der Waals surface area contributed by atoms with Gasteiger partial charge in [0.25, 0.3) is 0 Å².